The maximum Gasteiger partial charge on any atom is 0.344 e. The van der Waals surface area contributed by atoms with Crippen LogP contribution in [0.25, 0.3) is 0 Å². The van der Waals surface area contributed by atoms with Crippen molar-refractivity contribution in [2.75, 3.05) is 6.54 Å². The minimum absolute atomic E-state index is 0.118. The third-order valence-electron chi connectivity index (χ3n) is 2.07. The number of nitrogens with zero attached hydrogens (tertiary/aromatic N) is 1. The van der Waals surface area contributed by atoms with Crippen LogP contribution in [0.15, 0.2) is 0 Å². The van der Waals surface area contributed by atoms with Gasteiger partial charge in [0.25, 0.3) is 5.12 Å². The molecule has 2 bridgehead atoms. The number of hydrogen-bond donors (Lipinski definition) is 1. The molecule has 0 aromatic heterocycles. The number of nitrogens with one attached hydrogen (secondary N) is 1. The van der Waals surface area contributed by atoms with Gasteiger partial charge in [0.05, 0.1) is 11.3 Å². The highest BCUT2D eigenvalue weighted by atomic mass is 32.2. The number of thioether (sulfide) groups is 1. The van der Waals surface area contributed by atoms with Crippen LogP contribution in [0.4, 0.5) is 0 Å². The third kappa shape index (κ3) is 0.734. The Morgan fingerprint density at radius 2 is 2.55 bits per heavy atom. The summed E-state index contributed by atoms with van der Waals surface area (Å²) in [6.07, 6.45) is 0.351. The zero-order chi connectivity index (χ0) is 8.06. The molecule has 0 aliphatic carbocycles. The van der Waals surface area contributed by atoms with Crippen molar-refractivity contribution in [1.82, 2.24) is 5.32 Å². The fraction of sp³-hybridized carbons (Fsp3) is 0.800. The van der Waals surface area contributed by atoms with Crippen LogP contribution in [0.5, 0.6) is 0 Å². The first-order chi connectivity index (χ1) is 5.15. The second kappa shape index (κ2) is 1.95. The van der Waals surface area contributed by atoms with Gasteiger partial charge in [0.2, 0.25) is 0 Å². The lowest BCUT2D eigenvalue weighted by Crippen LogP contribution is -2.52. The van der Waals surface area contributed by atoms with Gasteiger partial charge in [-0.2, -0.15) is 0 Å². The fourth-order valence-corrected chi connectivity index (χ4v) is 2.68. The Bertz CT molecular complexity index is 244. The van der Waals surface area contributed by atoms with E-state index in [4.69, 9.17) is 0 Å². The number of carbonyl (C=O) groups is 1. The average molecular weight is 174 g/mol. The Kier molecular flexibility index (Phi) is 1.25. The van der Waals surface area contributed by atoms with Gasteiger partial charge in [0, 0.05) is 11.8 Å². The molecule has 0 spiro atoms. The molecule has 2 heterocycles. The molecule has 2 aliphatic rings. The first-order valence-electron chi connectivity index (χ1n) is 3.26. The van der Waals surface area contributed by atoms with Crippen LogP contribution < -0.4 is 5.32 Å². The van der Waals surface area contributed by atoms with Crippen LogP contribution in [0.2, 0.25) is 0 Å². The van der Waals surface area contributed by atoms with Crippen molar-refractivity contribution in [2.24, 2.45) is 0 Å². The Morgan fingerprint density at radius 1 is 1.82 bits per heavy atom. The topological polar surface area (TPSA) is 72.2 Å². The summed E-state index contributed by atoms with van der Waals surface area (Å²) < 4.78 is 0. The number of nitro groups is 1. The molecule has 2 atom stereocenters. The highest BCUT2D eigenvalue weighted by Crippen LogP contribution is 2.40. The molecule has 0 aromatic rings. The quantitative estimate of drug-likeness (QED) is 0.432. The summed E-state index contributed by atoms with van der Waals surface area (Å²) in [6, 6.07) is 0. The van der Waals surface area contributed by atoms with Gasteiger partial charge in [-0.15, -0.1) is 0 Å². The number of rotatable bonds is 1. The van der Waals surface area contributed by atoms with Crippen LogP contribution in [0, 0.1) is 10.1 Å². The Hall–Kier alpha value is -0.620. The van der Waals surface area contributed by atoms with E-state index in [1.54, 1.807) is 0 Å². The zero-order valence-corrected chi connectivity index (χ0v) is 6.39. The van der Waals surface area contributed by atoms with E-state index in [2.05, 4.69) is 5.32 Å². The second-order valence-corrected chi connectivity index (χ2v) is 4.00. The van der Waals surface area contributed by atoms with E-state index in [9.17, 15) is 14.9 Å². The molecule has 0 radical (unpaired) electrons. The van der Waals surface area contributed by atoms with Crippen LogP contribution in [0.1, 0.15) is 6.42 Å². The molecule has 6 heteroatoms. The monoisotopic (exact) mass is 174 g/mol. The fourth-order valence-electron chi connectivity index (χ4n) is 1.46. The molecular formula is C5H6N2O3S. The Labute approximate surface area is 66.7 Å². The minimum atomic E-state index is -1.44. The standard InChI is InChI=1S/C5H6N2O3S/c8-4-5(7(9)10)1-3(11-4)2-6-5/h3,6H,1-2H2/t3-,5-/m0/s1. The summed E-state index contributed by atoms with van der Waals surface area (Å²) >= 11 is 1.10. The predicted molar refractivity (Wildman–Crippen MR) is 38.7 cm³/mol. The summed E-state index contributed by atoms with van der Waals surface area (Å²) in [5.41, 5.74) is -1.44. The molecule has 0 aromatic carbocycles. The largest absolute Gasteiger partial charge is 0.344 e. The van der Waals surface area contributed by atoms with Gasteiger partial charge in [-0.3, -0.25) is 14.9 Å². The van der Waals surface area contributed by atoms with Gasteiger partial charge >= 0.3 is 5.66 Å². The molecular weight excluding hydrogens is 168 g/mol. The second-order valence-electron chi connectivity index (χ2n) is 2.73. The normalized spacial score (nSPS) is 41.5. The average Bonchev–Trinajstić information content (AvgIpc) is 2.43. The van der Waals surface area contributed by atoms with E-state index in [0.717, 1.165) is 11.8 Å². The van der Waals surface area contributed by atoms with Crippen molar-refractivity contribution in [3.05, 3.63) is 10.1 Å². The van der Waals surface area contributed by atoms with E-state index >= 15 is 0 Å². The summed E-state index contributed by atoms with van der Waals surface area (Å²) in [7, 11) is 0. The van der Waals surface area contributed by atoms with E-state index < -0.39 is 10.6 Å². The molecule has 60 valence electrons. The van der Waals surface area contributed by atoms with Crippen molar-refractivity contribution in [2.45, 2.75) is 17.3 Å². The van der Waals surface area contributed by atoms with Crippen molar-refractivity contribution in [3.63, 3.8) is 0 Å². The summed E-state index contributed by atoms with van der Waals surface area (Å²) in [6.45, 7) is 0.581. The lowest BCUT2D eigenvalue weighted by atomic mass is 10.1. The van der Waals surface area contributed by atoms with Gasteiger partial charge in [0.15, 0.2) is 0 Å². The van der Waals surface area contributed by atoms with Crippen LogP contribution in [-0.2, 0) is 4.79 Å². The van der Waals surface area contributed by atoms with E-state index in [1.165, 1.54) is 0 Å². The van der Waals surface area contributed by atoms with Crippen LogP contribution in [-0.4, -0.2) is 27.5 Å². The molecule has 2 saturated heterocycles. The lowest BCUT2D eigenvalue weighted by molar-refractivity contribution is -0.554. The van der Waals surface area contributed by atoms with Gasteiger partial charge in [0.1, 0.15) is 0 Å². The molecule has 2 aliphatic heterocycles. The summed E-state index contributed by atoms with van der Waals surface area (Å²) in [5.74, 6) is 0. The summed E-state index contributed by atoms with van der Waals surface area (Å²) in [5, 5.41) is 12.9. The SMILES string of the molecule is O=C1S[C@@H]2CN[C@]1([N+](=O)[O-])C2. The Morgan fingerprint density at radius 3 is 2.82 bits per heavy atom. The molecule has 5 nitrogen and oxygen atoms in total. The minimum Gasteiger partial charge on any atom is -0.277 e. The van der Waals surface area contributed by atoms with Crippen molar-refractivity contribution < 1.29 is 9.72 Å². The highest BCUT2D eigenvalue weighted by molar-refractivity contribution is 8.14. The smallest absolute Gasteiger partial charge is 0.277 e. The summed E-state index contributed by atoms with van der Waals surface area (Å²) in [4.78, 5) is 21.1. The maximum atomic E-state index is 11.1. The Balaban J connectivity index is 2.37. The first kappa shape index (κ1) is 7.05. The van der Waals surface area contributed by atoms with E-state index in [-0.39, 0.29) is 10.4 Å². The number of carbonyl (C=O) groups excluding carboxylic acids is 1. The van der Waals surface area contributed by atoms with Crippen molar-refractivity contribution in [3.8, 4) is 0 Å². The first-order valence-corrected chi connectivity index (χ1v) is 4.14. The molecule has 0 saturated carbocycles. The third-order valence-corrected chi connectivity index (χ3v) is 3.29. The van der Waals surface area contributed by atoms with E-state index in [1.807, 2.05) is 0 Å². The lowest BCUT2D eigenvalue weighted by Gasteiger charge is -2.15. The maximum absolute atomic E-state index is 11.1. The van der Waals surface area contributed by atoms with E-state index in [0.29, 0.717) is 13.0 Å². The molecule has 1 N–H and O–H groups in total. The highest BCUT2D eigenvalue weighted by Gasteiger charge is 2.62. The zero-order valence-electron chi connectivity index (χ0n) is 5.57. The predicted octanol–water partition coefficient (Wildman–Crippen LogP) is -0.405. The molecule has 0 unspecified atom stereocenters. The van der Waals surface area contributed by atoms with Crippen molar-refractivity contribution >= 4 is 16.9 Å². The number of hydrogen-bond acceptors (Lipinski definition) is 5. The molecule has 2 fully saturated rings. The van der Waals surface area contributed by atoms with Crippen LogP contribution in [0.3, 0.4) is 0 Å². The number of fused-ring (bicyclic) bond motifs is 2. The molecule has 2 rings (SSSR count). The van der Waals surface area contributed by atoms with Gasteiger partial charge in [-0.25, -0.2) is 5.32 Å². The van der Waals surface area contributed by atoms with Gasteiger partial charge in [-0.05, 0) is 0 Å². The molecule has 0 amide bonds. The van der Waals surface area contributed by atoms with Crippen molar-refractivity contribution in [1.29, 1.82) is 0 Å². The van der Waals surface area contributed by atoms with Crippen LogP contribution >= 0.6 is 11.8 Å². The van der Waals surface area contributed by atoms with Gasteiger partial charge < -0.3 is 0 Å². The molecule has 11 heavy (non-hydrogen) atoms. The van der Waals surface area contributed by atoms with Gasteiger partial charge in [-0.1, -0.05) is 11.8 Å².